The van der Waals surface area contributed by atoms with E-state index in [1.165, 1.54) is 12.3 Å². The number of anilines is 1. The Morgan fingerprint density at radius 3 is 2.91 bits per heavy atom. The van der Waals surface area contributed by atoms with Gasteiger partial charge in [-0.3, -0.25) is 14.6 Å². The molecule has 32 heavy (non-hydrogen) atoms. The van der Waals surface area contributed by atoms with Gasteiger partial charge < -0.3 is 15.5 Å². The van der Waals surface area contributed by atoms with E-state index in [1.54, 1.807) is 22.9 Å². The maximum absolute atomic E-state index is 14.2. The Hall–Kier alpha value is -3.99. The summed E-state index contributed by atoms with van der Waals surface area (Å²) in [4.78, 5) is 36.4. The van der Waals surface area contributed by atoms with Crippen LogP contribution in [0.4, 0.5) is 10.2 Å². The van der Waals surface area contributed by atoms with E-state index in [4.69, 9.17) is 5.11 Å². The molecule has 0 saturated heterocycles. The van der Waals surface area contributed by atoms with E-state index < -0.39 is 23.9 Å². The summed E-state index contributed by atoms with van der Waals surface area (Å²) in [5, 5.41) is 27.3. The van der Waals surface area contributed by atoms with Crippen LogP contribution in [0, 0.1) is 5.82 Å². The smallest absolute Gasteiger partial charge is 0.307 e. The Bertz CT molecular complexity index is 1400. The number of carbonyl (C=O) groups excluding carboxylic acids is 1. The number of nitrogens with one attached hydrogen (secondary N) is 1. The van der Waals surface area contributed by atoms with Crippen molar-refractivity contribution < 1.29 is 24.2 Å². The maximum atomic E-state index is 14.2. The summed E-state index contributed by atoms with van der Waals surface area (Å²) in [6, 6.07) is 6.39. The zero-order valence-electron chi connectivity index (χ0n) is 16.6. The van der Waals surface area contributed by atoms with Gasteiger partial charge in [-0.15, -0.1) is 0 Å². The van der Waals surface area contributed by atoms with E-state index in [0.29, 0.717) is 34.9 Å². The zero-order valence-corrected chi connectivity index (χ0v) is 16.6. The molecule has 10 nitrogen and oxygen atoms in total. The first kappa shape index (κ1) is 19.9. The molecular formula is C21H17FN6O4. The molecule has 0 bridgehead atoms. The lowest BCUT2D eigenvalue weighted by Crippen LogP contribution is -2.36. The number of rotatable bonds is 5. The number of carbonyl (C=O) groups is 2. The fourth-order valence-corrected chi connectivity index (χ4v) is 3.89. The van der Waals surface area contributed by atoms with Gasteiger partial charge in [-0.05, 0) is 12.5 Å². The Morgan fingerprint density at radius 1 is 1.31 bits per heavy atom. The van der Waals surface area contributed by atoms with Crippen LogP contribution in [0.25, 0.3) is 17.6 Å². The number of halogens is 1. The third-order valence-electron chi connectivity index (χ3n) is 5.44. The molecule has 4 heterocycles. The molecule has 2 aromatic heterocycles. The second-order valence-electron chi connectivity index (χ2n) is 7.55. The van der Waals surface area contributed by atoms with Gasteiger partial charge in [0.1, 0.15) is 17.3 Å². The van der Waals surface area contributed by atoms with E-state index in [0.717, 1.165) is 0 Å². The average molecular weight is 436 g/mol. The van der Waals surface area contributed by atoms with E-state index in [2.05, 4.69) is 25.4 Å². The van der Waals surface area contributed by atoms with Gasteiger partial charge in [-0.2, -0.15) is 5.10 Å². The number of carboxylic acid groups (broad SMARTS) is 1. The summed E-state index contributed by atoms with van der Waals surface area (Å²) < 4.78 is 15.8. The topological polar surface area (TPSA) is 143 Å². The highest BCUT2D eigenvalue weighted by Gasteiger charge is 2.48. The minimum atomic E-state index is -2.25. The lowest BCUT2D eigenvalue weighted by molar-refractivity contribution is -0.149. The number of hydrogen-bond acceptors (Lipinski definition) is 7. The lowest BCUT2D eigenvalue weighted by atomic mass is 9.94. The van der Waals surface area contributed by atoms with Gasteiger partial charge in [-0.25, -0.2) is 19.0 Å². The molecule has 0 fully saturated rings. The van der Waals surface area contributed by atoms with Crippen LogP contribution in [0.5, 0.6) is 0 Å². The third kappa shape index (κ3) is 3.14. The molecule has 11 heteroatoms. The summed E-state index contributed by atoms with van der Waals surface area (Å²) in [5.74, 6) is -2.38. The Labute approximate surface area is 179 Å². The zero-order chi connectivity index (χ0) is 22.5. The highest BCUT2D eigenvalue weighted by Crippen LogP contribution is 2.37. The third-order valence-corrected chi connectivity index (χ3v) is 5.44. The second-order valence-corrected chi connectivity index (χ2v) is 7.55. The Balaban J connectivity index is 1.59. The molecule has 1 unspecified atom stereocenters. The SMILES string of the molecule is O=C(O)CC1(O)C(=O)Nc2nc(-c3nn(Cc4ccccc4F)c4c3=CCCN=4)ncc21. The molecule has 1 atom stereocenters. The van der Waals surface area contributed by atoms with Crippen LogP contribution in [0.15, 0.2) is 35.5 Å². The van der Waals surface area contributed by atoms with Gasteiger partial charge in [0.05, 0.1) is 18.5 Å². The largest absolute Gasteiger partial charge is 0.481 e. The van der Waals surface area contributed by atoms with Crippen molar-refractivity contribution in [1.82, 2.24) is 19.7 Å². The number of benzene rings is 1. The molecule has 1 aromatic carbocycles. The number of hydrogen-bond donors (Lipinski definition) is 3. The first-order valence-corrected chi connectivity index (χ1v) is 9.85. The van der Waals surface area contributed by atoms with Crippen LogP contribution in [0.2, 0.25) is 0 Å². The number of aliphatic hydroxyl groups is 1. The van der Waals surface area contributed by atoms with Crippen molar-refractivity contribution in [2.75, 3.05) is 11.9 Å². The number of aromatic nitrogens is 4. The van der Waals surface area contributed by atoms with E-state index in [1.807, 2.05) is 6.08 Å². The molecule has 0 saturated carbocycles. The van der Waals surface area contributed by atoms with Gasteiger partial charge in [0.2, 0.25) is 0 Å². The quantitative estimate of drug-likeness (QED) is 0.509. The maximum Gasteiger partial charge on any atom is 0.307 e. The van der Waals surface area contributed by atoms with Crippen LogP contribution in [-0.4, -0.2) is 48.4 Å². The Kier molecular flexibility index (Phi) is 4.55. The molecular weight excluding hydrogens is 419 g/mol. The first-order valence-electron chi connectivity index (χ1n) is 9.85. The van der Waals surface area contributed by atoms with E-state index >= 15 is 0 Å². The number of carboxylic acids is 1. The highest BCUT2D eigenvalue weighted by molar-refractivity contribution is 6.05. The molecule has 0 spiro atoms. The van der Waals surface area contributed by atoms with E-state index in [-0.39, 0.29) is 29.6 Å². The van der Waals surface area contributed by atoms with Gasteiger partial charge in [0.15, 0.2) is 16.9 Å². The summed E-state index contributed by atoms with van der Waals surface area (Å²) in [6.07, 6.45) is 3.04. The van der Waals surface area contributed by atoms with Crippen LogP contribution < -0.4 is 16.0 Å². The fourth-order valence-electron chi connectivity index (χ4n) is 3.89. The molecule has 5 rings (SSSR count). The van der Waals surface area contributed by atoms with Crippen LogP contribution in [0.1, 0.15) is 24.0 Å². The van der Waals surface area contributed by atoms with Gasteiger partial charge in [0.25, 0.3) is 5.91 Å². The van der Waals surface area contributed by atoms with Gasteiger partial charge in [-0.1, -0.05) is 24.3 Å². The summed E-state index contributed by atoms with van der Waals surface area (Å²) >= 11 is 0. The van der Waals surface area contributed by atoms with Crippen molar-refractivity contribution in [3.63, 3.8) is 0 Å². The predicted molar refractivity (Wildman–Crippen MR) is 108 cm³/mol. The van der Waals surface area contributed by atoms with Gasteiger partial charge >= 0.3 is 5.97 Å². The number of aliphatic carboxylic acids is 1. The number of fused-ring (bicyclic) bond motifs is 2. The average Bonchev–Trinajstić information content (AvgIpc) is 3.24. The summed E-state index contributed by atoms with van der Waals surface area (Å²) in [7, 11) is 0. The normalized spacial score (nSPS) is 18.9. The molecule has 3 N–H and O–H groups in total. The highest BCUT2D eigenvalue weighted by atomic mass is 19.1. The molecule has 0 radical (unpaired) electrons. The van der Waals surface area contributed by atoms with Crippen molar-refractivity contribution >= 4 is 23.8 Å². The van der Waals surface area contributed by atoms with Crippen LogP contribution in [-0.2, 0) is 21.7 Å². The number of nitrogens with zero attached hydrogens (tertiary/aromatic N) is 5. The monoisotopic (exact) mass is 436 g/mol. The molecule has 1 amide bonds. The van der Waals surface area contributed by atoms with Crippen LogP contribution >= 0.6 is 0 Å². The summed E-state index contributed by atoms with van der Waals surface area (Å²) in [6.45, 7) is 0.727. The minimum absolute atomic E-state index is 0.0121. The van der Waals surface area contributed by atoms with Crippen molar-refractivity contribution in [1.29, 1.82) is 0 Å². The first-order chi connectivity index (χ1) is 15.4. The number of amides is 1. The minimum Gasteiger partial charge on any atom is -0.481 e. The van der Waals surface area contributed by atoms with E-state index in [9.17, 15) is 19.1 Å². The standard InChI is InChI=1S/C21H17FN6O4/c22-14-6-2-1-4-11(14)10-28-19-12(5-3-7-23-19)16(27-28)18-24-9-13-17(25-18)26-20(31)21(13,32)8-15(29)30/h1-2,4-6,9,32H,3,7-8,10H2,(H,29,30)(H,24,25,26,31). The molecule has 0 aliphatic carbocycles. The molecule has 162 valence electrons. The lowest BCUT2D eigenvalue weighted by Gasteiger charge is -2.17. The molecule has 3 aromatic rings. The van der Waals surface area contributed by atoms with Crippen LogP contribution in [0.3, 0.4) is 0 Å². The Morgan fingerprint density at radius 2 is 2.12 bits per heavy atom. The molecule has 2 aliphatic rings. The van der Waals surface area contributed by atoms with Gasteiger partial charge in [0, 0.05) is 23.5 Å². The predicted octanol–water partition coefficient (Wildman–Crippen LogP) is -0.0543. The second kappa shape index (κ2) is 7.31. The summed E-state index contributed by atoms with van der Waals surface area (Å²) in [5.41, 5.74) is -0.839. The van der Waals surface area contributed by atoms with Crippen molar-refractivity contribution in [2.24, 2.45) is 4.99 Å². The fraction of sp³-hybridized carbons (Fsp3) is 0.238. The van der Waals surface area contributed by atoms with Crippen molar-refractivity contribution in [3.8, 4) is 11.5 Å². The van der Waals surface area contributed by atoms with Crippen molar-refractivity contribution in [3.05, 3.63) is 58.1 Å². The van der Waals surface area contributed by atoms with Crippen molar-refractivity contribution in [2.45, 2.75) is 25.0 Å². The molecule has 2 aliphatic heterocycles.